The summed E-state index contributed by atoms with van der Waals surface area (Å²) in [6.07, 6.45) is 0. The zero-order chi connectivity index (χ0) is 17.4. The van der Waals surface area contributed by atoms with Crippen LogP contribution in [0.4, 0.5) is 5.69 Å². The topological polar surface area (TPSA) is 20.3 Å². The van der Waals surface area contributed by atoms with Gasteiger partial charge >= 0.3 is 0 Å². The number of nitrogens with zero attached hydrogens (tertiary/aromatic N) is 1. The van der Waals surface area contributed by atoms with Crippen molar-refractivity contribution in [2.45, 2.75) is 25.3 Å². The second-order valence-corrected chi connectivity index (χ2v) is 6.89. The molecule has 4 rings (SSSR count). The van der Waals surface area contributed by atoms with Crippen molar-refractivity contribution >= 4 is 11.6 Å². The van der Waals surface area contributed by atoms with Crippen LogP contribution in [0.1, 0.15) is 29.7 Å². The molecule has 0 unspecified atom stereocenters. The van der Waals surface area contributed by atoms with Gasteiger partial charge in [-0.25, -0.2) is 0 Å². The number of carbonyl (C=O) groups excluding carboxylic acids is 1. The van der Waals surface area contributed by atoms with E-state index < -0.39 is 5.41 Å². The van der Waals surface area contributed by atoms with Crippen LogP contribution in [0, 0.1) is 6.92 Å². The number of hydrogen-bond acceptors (Lipinski definition) is 1. The number of aryl methyl sites for hydroxylation is 1. The van der Waals surface area contributed by atoms with Gasteiger partial charge in [0.2, 0.25) is 5.91 Å². The molecule has 0 N–H and O–H groups in total. The Hall–Kier alpha value is -2.87. The Labute approximate surface area is 148 Å². The maximum atomic E-state index is 13.3. The van der Waals surface area contributed by atoms with E-state index >= 15 is 0 Å². The fraction of sp³-hybridized carbons (Fsp3) is 0.174. The Morgan fingerprint density at radius 2 is 1.36 bits per heavy atom. The van der Waals surface area contributed by atoms with Crippen molar-refractivity contribution in [2.24, 2.45) is 0 Å². The third-order valence-corrected chi connectivity index (χ3v) is 5.27. The number of β-lactam (4-membered cyclic amide) rings is 1. The van der Waals surface area contributed by atoms with Crippen molar-refractivity contribution < 1.29 is 4.79 Å². The van der Waals surface area contributed by atoms with Crippen LogP contribution < -0.4 is 4.90 Å². The molecule has 0 spiro atoms. The first-order chi connectivity index (χ1) is 12.1. The number of rotatable bonds is 3. The van der Waals surface area contributed by atoms with Crippen molar-refractivity contribution in [3.8, 4) is 0 Å². The zero-order valence-electron chi connectivity index (χ0n) is 14.5. The second kappa shape index (κ2) is 5.89. The van der Waals surface area contributed by atoms with Crippen molar-refractivity contribution in [2.75, 3.05) is 4.90 Å². The van der Waals surface area contributed by atoms with E-state index in [2.05, 4.69) is 50.2 Å². The summed E-state index contributed by atoms with van der Waals surface area (Å²) in [6.45, 7) is 4.15. The van der Waals surface area contributed by atoms with Gasteiger partial charge in [-0.2, -0.15) is 0 Å². The largest absolute Gasteiger partial charge is 0.303 e. The van der Waals surface area contributed by atoms with Gasteiger partial charge in [-0.1, -0.05) is 78.4 Å². The molecule has 1 aliphatic rings. The molecule has 124 valence electrons. The summed E-state index contributed by atoms with van der Waals surface area (Å²) in [7, 11) is 0. The molecular formula is C23H21NO. The van der Waals surface area contributed by atoms with Crippen LogP contribution in [0.25, 0.3) is 0 Å². The maximum absolute atomic E-state index is 13.3. The Morgan fingerprint density at radius 1 is 0.800 bits per heavy atom. The van der Waals surface area contributed by atoms with Gasteiger partial charge in [0.25, 0.3) is 0 Å². The quantitative estimate of drug-likeness (QED) is 0.617. The van der Waals surface area contributed by atoms with E-state index in [4.69, 9.17) is 0 Å². The fourth-order valence-corrected chi connectivity index (χ4v) is 3.83. The Balaban J connectivity index is 1.85. The van der Waals surface area contributed by atoms with Gasteiger partial charge in [-0.3, -0.25) is 4.79 Å². The first-order valence-electron chi connectivity index (χ1n) is 8.63. The number of para-hydroxylation sites is 1. The van der Waals surface area contributed by atoms with Crippen molar-refractivity contribution in [3.05, 3.63) is 102 Å². The van der Waals surface area contributed by atoms with E-state index in [1.54, 1.807) is 0 Å². The second-order valence-electron chi connectivity index (χ2n) is 6.89. The average molecular weight is 327 g/mol. The molecule has 3 aromatic rings. The van der Waals surface area contributed by atoms with E-state index in [1.165, 1.54) is 11.1 Å². The van der Waals surface area contributed by atoms with Crippen LogP contribution in [0.3, 0.4) is 0 Å². The average Bonchev–Trinajstić information content (AvgIpc) is 2.67. The highest BCUT2D eigenvalue weighted by atomic mass is 16.2. The molecule has 2 heteroatoms. The molecule has 0 saturated carbocycles. The monoisotopic (exact) mass is 327 g/mol. The molecule has 0 radical (unpaired) electrons. The van der Waals surface area contributed by atoms with Crippen LogP contribution in [0.15, 0.2) is 84.9 Å². The van der Waals surface area contributed by atoms with Crippen molar-refractivity contribution in [3.63, 3.8) is 0 Å². The van der Waals surface area contributed by atoms with Crippen LogP contribution in [-0.2, 0) is 10.2 Å². The molecule has 1 fully saturated rings. The Morgan fingerprint density at radius 3 is 1.96 bits per heavy atom. The van der Waals surface area contributed by atoms with E-state index in [1.807, 2.05) is 53.4 Å². The van der Waals surface area contributed by atoms with Crippen LogP contribution >= 0.6 is 0 Å². The summed E-state index contributed by atoms with van der Waals surface area (Å²) in [5.74, 6) is 0.149. The molecule has 1 amide bonds. The molecule has 2 atom stereocenters. The molecule has 2 nitrogen and oxygen atoms in total. The lowest BCUT2D eigenvalue weighted by Gasteiger charge is -2.55. The van der Waals surface area contributed by atoms with Gasteiger partial charge in [-0.05, 0) is 37.1 Å². The van der Waals surface area contributed by atoms with Crippen molar-refractivity contribution in [1.29, 1.82) is 0 Å². The first kappa shape index (κ1) is 15.6. The minimum absolute atomic E-state index is 0.00889. The third kappa shape index (κ3) is 2.37. The summed E-state index contributed by atoms with van der Waals surface area (Å²) < 4.78 is 0. The molecule has 25 heavy (non-hydrogen) atoms. The summed E-state index contributed by atoms with van der Waals surface area (Å²) in [6, 6.07) is 28.6. The van der Waals surface area contributed by atoms with Crippen LogP contribution in [-0.4, -0.2) is 5.91 Å². The van der Waals surface area contributed by atoms with Gasteiger partial charge in [0, 0.05) is 5.69 Å². The van der Waals surface area contributed by atoms with E-state index in [0.717, 1.165) is 11.3 Å². The molecule has 0 aromatic heterocycles. The maximum Gasteiger partial charge on any atom is 0.240 e. The lowest BCUT2D eigenvalue weighted by atomic mass is 9.64. The summed E-state index contributed by atoms with van der Waals surface area (Å²) >= 11 is 0. The number of hydrogen-bond donors (Lipinski definition) is 0. The van der Waals surface area contributed by atoms with Gasteiger partial charge < -0.3 is 4.90 Å². The molecule has 1 saturated heterocycles. The Kier molecular flexibility index (Phi) is 3.69. The summed E-state index contributed by atoms with van der Waals surface area (Å²) in [5, 5.41) is 0. The highest BCUT2D eigenvalue weighted by Gasteiger charge is 2.59. The zero-order valence-corrected chi connectivity index (χ0v) is 14.5. The number of amides is 1. The smallest absolute Gasteiger partial charge is 0.240 e. The van der Waals surface area contributed by atoms with Gasteiger partial charge in [0.05, 0.1) is 11.5 Å². The van der Waals surface area contributed by atoms with E-state index in [-0.39, 0.29) is 11.9 Å². The number of anilines is 1. The number of carbonyl (C=O) groups is 1. The van der Waals surface area contributed by atoms with E-state index in [9.17, 15) is 4.79 Å². The normalized spacial score (nSPS) is 22.6. The van der Waals surface area contributed by atoms with Crippen molar-refractivity contribution in [1.82, 2.24) is 0 Å². The standard InChI is InChI=1S/C23H21NO/c1-17-13-15-18(16-14-17)21-23(2,19-9-5-3-6-10-19)22(25)24(21)20-11-7-4-8-12-20/h3-16,21H,1-2H3/t21-,23-/m1/s1. The Bertz CT molecular complexity index is 886. The lowest BCUT2D eigenvalue weighted by molar-refractivity contribution is -0.132. The number of benzene rings is 3. The predicted molar refractivity (Wildman–Crippen MR) is 102 cm³/mol. The molecule has 0 bridgehead atoms. The van der Waals surface area contributed by atoms with E-state index in [0.29, 0.717) is 0 Å². The van der Waals surface area contributed by atoms with Gasteiger partial charge in [0.1, 0.15) is 0 Å². The molecule has 1 aliphatic heterocycles. The lowest BCUT2D eigenvalue weighted by Crippen LogP contribution is -2.65. The molecule has 0 aliphatic carbocycles. The SMILES string of the molecule is Cc1ccc([C@H]2N(c3ccccc3)C(=O)[C@]2(C)c2ccccc2)cc1. The fourth-order valence-electron chi connectivity index (χ4n) is 3.83. The van der Waals surface area contributed by atoms with Crippen LogP contribution in [0.5, 0.6) is 0 Å². The molecular weight excluding hydrogens is 306 g/mol. The third-order valence-electron chi connectivity index (χ3n) is 5.27. The van der Waals surface area contributed by atoms with Crippen LogP contribution in [0.2, 0.25) is 0 Å². The summed E-state index contributed by atoms with van der Waals surface area (Å²) in [4.78, 5) is 15.2. The first-order valence-corrected chi connectivity index (χ1v) is 8.63. The molecule has 3 aromatic carbocycles. The molecule has 1 heterocycles. The minimum atomic E-state index is -0.549. The van der Waals surface area contributed by atoms with Gasteiger partial charge in [0.15, 0.2) is 0 Å². The minimum Gasteiger partial charge on any atom is -0.303 e. The van der Waals surface area contributed by atoms with Gasteiger partial charge in [-0.15, -0.1) is 0 Å². The highest BCUT2D eigenvalue weighted by molar-refractivity contribution is 6.09. The predicted octanol–water partition coefficient (Wildman–Crippen LogP) is 5.04. The summed E-state index contributed by atoms with van der Waals surface area (Å²) in [5.41, 5.74) is 3.86. The highest BCUT2D eigenvalue weighted by Crippen LogP contribution is 2.53.